The molecule has 0 radical (unpaired) electrons. The molecule has 9 N–H and O–H groups in total. The van der Waals surface area contributed by atoms with Gasteiger partial charge >= 0.3 is 5.97 Å². The fourth-order valence-electron chi connectivity index (χ4n) is 2.57. The summed E-state index contributed by atoms with van der Waals surface area (Å²) >= 11 is 1.40. The number of primary amides is 1. The quantitative estimate of drug-likeness (QED) is 0.129. The smallest absolute Gasteiger partial charge is 0.326 e. The van der Waals surface area contributed by atoms with E-state index in [0.717, 1.165) is 0 Å². The van der Waals surface area contributed by atoms with Crippen molar-refractivity contribution in [2.45, 2.75) is 63.7 Å². The summed E-state index contributed by atoms with van der Waals surface area (Å²) in [5.41, 5.74) is 11.0. The van der Waals surface area contributed by atoms with E-state index in [-0.39, 0.29) is 25.2 Å². The molecule has 0 aromatic heterocycles. The summed E-state index contributed by atoms with van der Waals surface area (Å²) in [6, 6.07) is -4.79. The van der Waals surface area contributed by atoms with Crippen molar-refractivity contribution in [1.29, 1.82) is 0 Å². The van der Waals surface area contributed by atoms with Gasteiger partial charge in [0.1, 0.15) is 18.1 Å². The highest BCUT2D eigenvalue weighted by Gasteiger charge is 2.30. The lowest BCUT2D eigenvalue weighted by molar-refractivity contribution is -0.142. The number of carbonyl (C=O) groups excluding carboxylic acids is 4. The molecule has 4 amide bonds. The molecule has 0 aliphatic rings. The summed E-state index contributed by atoms with van der Waals surface area (Å²) in [6.45, 7) is 2.85. The van der Waals surface area contributed by atoms with Gasteiger partial charge < -0.3 is 37.6 Å². The molecule has 0 fully saturated rings. The second kappa shape index (κ2) is 15.4. The summed E-state index contributed by atoms with van der Waals surface area (Å²) < 4.78 is 0. The third kappa shape index (κ3) is 10.8. The van der Waals surface area contributed by atoms with Crippen molar-refractivity contribution in [3.8, 4) is 0 Å². The average molecular weight is 478 g/mol. The maximum absolute atomic E-state index is 12.6. The second-order valence-electron chi connectivity index (χ2n) is 7.40. The highest BCUT2D eigenvalue weighted by molar-refractivity contribution is 7.98. The number of rotatable bonds is 16. The monoisotopic (exact) mass is 477 g/mol. The molecule has 13 heteroatoms. The zero-order chi connectivity index (χ0) is 24.8. The van der Waals surface area contributed by atoms with Crippen molar-refractivity contribution in [3.05, 3.63) is 0 Å². The van der Waals surface area contributed by atoms with Crippen molar-refractivity contribution in [1.82, 2.24) is 16.0 Å². The molecule has 0 bridgehead atoms. The third-order valence-electron chi connectivity index (χ3n) is 4.91. The first-order valence-electron chi connectivity index (χ1n) is 10.3. The molecule has 0 spiro atoms. The SMILES string of the molecule is CCC(C)C(N)C(=O)NC(CO)C(=O)NC(CCC(N)=O)C(=O)NC(CCSC)C(=O)O. The number of nitrogens with two attached hydrogens (primary N) is 2. The Labute approximate surface area is 191 Å². The van der Waals surface area contributed by atoms with Gasteiger partial charge in [-0.3, -0.25) is 19.2 Å². The summed E-state index contributed by atoms with van der Waals surface area (Å²) in [6.07, 6.45) is 2.12. The van der Waals surface area contributed by atoms with Gasteiger partial charge in [0, 0.05) is 6.42 Å². The molecule has 32 heavy (non-hydrogen) atoms. The van der Waals surface area contributed by atoms with Crippen molar-refractivity contribution >= 4 is 41.4 Å². The maximum Gasteiger partial charge on any atom is 0.326 e. The minimum atomic E-state index is -1.40. The first kappa shape index (κ1) is 29.6. The van der Waals surface area contributed by atoms with E-state index in [1.165, 1.54) is 11.8 Å². The first-order valence-corrected chi connectivity index (χ1v) is 11.6. The van der Waals surface area contributed by atoms with E-state index in [1.54, 1.807) is 13.2 Å². The van der Waals surface area contributed by atoms with Gasteiger partial charge in [0.15, 0.2) is 0 Å². The summed E-state index contributed by atoms with van der Waals surface area (Å²) in [4.78, 5) is 60.0. The minimum Gasteiger partial charge on any atom is -0.480 e. The van der Waals surface area contributed by atoms with Crippen LogP contribution in [0.15, 0.2) is 0 Å². The number of carboxylic acids is 1. The molecule has 0 saturated heterocycles. The number of hydrogen-bond donors (Lipinski definition) is 7. The molecule has 0 aromatic rings. The largest absolute Gasteiger partial charge is 0.480 e. The molecule has 0 aliphatic heterocycles. The van der Waals surface area contributed by atoms with Gasteiger partial charge in [-0.1, -0.05) is 20.3 Å². The number of hydrogen-bond acceptors (Lipinski definition) is 8. The van der Waals surface area contributed by atoms with Crippen LogP contribution in [-0.4, -0.2) is 82.6 Å². The topological polar surface area (TPSA) is 214 Å². The normalized spacial score (nSPS) is 15.5. The Balaban J connectivity index is 5.33. The van der Waals surface area contributed by atoms with E-state index < -0.39 is 60.4 Å². The lowest BCUT2D eigenvalue weighted by Crippen LogP contribution is -2.58. The van der Waals surface area contributed by atoms with Crippen LogP contribution in [0.1, 0.15) is 39.5 Å². The predicted octanol–water partition coefficient (Wildman–Crippen LogP) is -2.09. The van der Waals surface area contributed by atoms with Crippen LogP contribution in [0.3, 0.4) is 0 Å². The summed E-state index contributed by atoms with van der Waals surface area (Å²) in [7, 11) is 0. The molecular formula is C19H35N5O7S. The highest BCUT2D eigenvalue weighted by atomic mass is 32.2. The fraction of sp³-hybridized carbons (Fsp3) is 0.737. The second-order valence-corrected chi connectivity index (χ2v) is 8.39. The number of aliphatic carboxylic acids is 1. The van der Waals surface area contributed by atoms with E-state index in [0.29, 0.717) is 12.2 Å². The maximum atomic E-state index is 12.6. The molecule has 5 unspecified atom stereocenters. The first-order chi connectivity index (χ1) is 15.0. The molecule has 0 heterocycles. The lowest BCUT2D eigenvalue weighted by Gasteiger charge is -2.25. The van der Waals surface area contributed by atoms with Gasteiger partial charge in [0.2, 0.25) is 23.6 Å². The zero-order valence-corrected chi connectivity index (χ0v) is 19.4. The Hall–Kier alpha value is -2.38. The lowest BCUT2D eigenvalue weighted by atomic mass is 9.99. The number of thioether (sulfide) groups is 1. The molecule has 0 aromatic carbocycles. The molecule has 0 saturated carbocycles. The number of carbonyl (C=O) groups is 5. The van der Waals surface area contributed by atoms with Crippen LogP contribution < -0.4 is 27.4 Å². The van der Waals surface area contributed by atoms with Crippen LogP contribution in [0, 0.1) is 5.92 Å². The Kier molecular flexibility index (Phi) is 14.3. The van der Waals surface area contributed by atoms with Gasteiger partial charge in [-0.25, -0.2) is 4.79 Å². The molecule has 5 atom stereocenters. The van der Waals surface area contributed by atoms with E-state index in [4.69, 9.17) is 11.5 Å². The number of nitrogens with one attached hydrogen (secondary N) is 3. The van der Waals surface area contributed by atoms with E-state index >= 15 is 0 Å². The van der Waals surface area contributed by atoms with Crippen LogP contribution in [0.4, 0.5) is 0 Å². The van der Waals surface area contributed by atoms with E-state index in [2.05, 4.69) is 16.0 Å². The molecule has 12 nitrogen and oxygen atoms in total. The number of aliphatic hydroxyl groups is 1. The Morgan fingerprint density at radius 2 is 1.47 bits per heavy atom. The van der Waals surface area contributed by atoms with Crippen LogP contribution in [0.25, 0.3) is 0 Å². The Bertz CT molecular complexity index is 664. The Morgan fingerprint density at radius 3 is 1.94 bits per heavy atom. The minimum absolute atomic E-state index is 0.154. The van der Waals surface area contributed by atoms with Gasteiger partial charge in [-0.15, -0.1) is 0 Å². The Morgan fingerprint density at radius 1 is 0.938 bits per heavy atom. The van der Waals surface area contributed by atoms with Gasteiger partial charge in [-0.05, 0) is 30.8 Å². The molecule has 184 valence electrons. The van der Waals surface area contributed by atoms with Crippen molar-refractivity contribution < 1.29 is 34.2 Å². The highest BCUT2D eigenvalue weighted by Crippen LogP contribution is 2.07. The third-order valence-corrected chi connectivity index (χ3v) is 5.56. The van der Waals surface area contributed by atoms with Gasteiger partial charge in [-0.2, -0.15) is 11.8 Å². The number of amides is 4. The number of aliphatic hydroxyl groups excluding tert-OH is 1. The molecule has 0 rings (SSSR count). The van der Waals surface area contributed by atoms with Crippen LogP contribution >= 0.6 is 11.8 Å². The van der Waals surface area contributed by atoms with Crippen LogP contribution in [-0.2, 0) is 24.0 Å². The predicted molar refractivity (Wildman–Crippen MR) is 119 cm³/mol. The fourth-order valence-corrected chi connectivity index (χ4v) is 3.04. The van der Waals surface area contributed by atoms with Crippen LogP contribution in [0.2, 0.25) is 0 Å². The zero-order valence-electron chi connectivity index (χ0n) is 18.6. The van der Waals surface area contributed by atoms with E-state index in [1.807, 2.05) is 6.92 Å². The average Bonchev–Trinajstić information content (AvgIpc) is 2.75. The van der Waals surface area contributed by atoms with Crippen molar-refractivity contribution in [3.63, 3.8) is 0 Å². The van der Waals surface area contributed by atoms with Crippen molar-refractivity contribution in [2.24, 2.45) is 17.4 Å². The molecular weight excluding hydrogens is 442 g/mol. The molecule has 0 aliphatic carbocycles. The summed E-state index contributed by atoms with van der Waals surface area (Å²) in [5.74, 6) is -4.02. The van der Waals surface area contributed by atoms with Gasteiger partial charge in [0.05, 0.1) is 12.6 Å². The summed E-state index contributed by atoms with van der Waals surface area (Å²) in [5, 5.41) is 25.8. The van der Waals surface area contributed by atoms with Crippen molar-refractivity contribution in [2.75, 3.05) is 18.6 Å². The van der Waals surface area contributed by atoms with Gasteiger partial charge in [0.25, 0.3) is 0 Å². The number of carboxylic acid groups (broad SMARTS) is 1. The van der Waals surface area contributed by atoms with Crippen LogP contribution in [0.5, 0.6) is 0 Å². The standard InChI is InChI=1S/C19H35N5O7S/c1-4-10(2)15(21)18(29)24-13(9-25)17(28)22-11(5-6-14(20)26)16(27)23-12(19(30)31)7-8-32-3/h10-13,15,25H,4-9,21H2,1-3H3,(H2,20,26)(H,22,28)(H,23,27)(H,24,29)(H,30,31). The van der Waals surface area contributed by atoms with E-state index in [9.17, 15) is 34.2 Å².